The zero-order valence-electron chi connectivity index (χ0n) is 10.8. The molecule has 0 unspecified atom stereocenters. The largest absolute Gasteiger partial charge is 0.303 e. The smallest absolute Gasteiger partial charge is 0.229 e. The van der Waals surface area contributed by atoms with Gasteiger partial charge in [0.25, 0.3) is 0 Å². The first-order valence-electron chi connectivity index (χ1n) is 6.49. The maximum atomic E-state index is 10.9. The molecule has 0 aromatic rings. The quantitative estimate of drug-likeness (QED) is 0.400. The molecular formula is C12H26N2OS2. The van der Waals surface area contributed by atoms with Gasteiger partial charge < -0.3 is 4.72 Å². The van der Waals surface area contributed by atoms with Gasteiger partial charge in [-0.2, -0.15) is 0 Å². The average Bonchev–Trinajstić information content (AvgIpc) is 2.30. The molecule has 0 aliphatic rings. The highest BCUT2D eigenvalue weighted by atomic mass is 32.1. The normalized spacial score (nSPS) is 10.8. The number of unbranched alkanes of at least 4 members (excludes halogenated alkanes) is 7. The Bertz CT molecular complexity index is 189. The van der Waals surface area contributed by atoms with Crippen molar-refractivity contribution in [2.24, 2.45) is 0 Å². The molecule has 0 spiro atoms. The summed E-state index contributed by atoms with van der Waals surface area (Å²) in [5.74, 6) is 0.0317. The molecule has 0 fully saturated rings. The number of carbonyl (C=O) groups excluding carboxylic acids is 1. The van der Waals surface area contributed by atoms with E-state index in [1.165, 1.54) is 38.5 Å². The second kappa shape index (κ2) is 12.6. The summed E-state index contributed by atoms with van der Waals surface area (Å²) < 4.78 is 4.28. The van der Waals surface area contributed by atoms with Crippen molar-refractivity contribution in [3.05, 3.63) is 0 Å². The molecule has 1 N–H and O–H groups in total. The van der Waals surface area contributed by atoms with E-state index in [9.17, 15) is 4.79 Å². The number of rotatable bonds is 11. The SMILES string of the molecule is CN(S)CCCCCCCCCCC(=O)NS. The van der Waals surface area contributed by atoms with E-state index in [1.54, 1.807) is 0 Å². The summed E-state index contributed by atoms with van der Waals surface area (Å²) in [5.41, 5.74) is 0. The Morgan fingerprint density at radius 1 is 1.00 bits per heavy atom. The van der Waals surface area contributed by atoms with E-state index < -0.39 is 0 Å². The van der Waals surface area contributed by atoms with E-state index in [-0.39, 0.29) is 5.91 Å². The topological polar surface area (TPSA) is 32.3 Å². The third-order valence-electron chi connectivity index (χ3n) is 2.76. The minimum Gasteiger partial charge on any atom is -0.303 e. The number of hydrogen-bond acceptors (Lipinski definition) is 4. The zero-order chi connectivity index (χ0) is 12.9. The molecule has 0 saturated heterocycles. The predicted molar refractivity (Wildman–Crippen MR) is 80.3 cm³/mol. The number of hydrogen-bond donors (Lipinski definition) is 3. The van der Waals surface area contributed by atoms with Crippen LogP contribution in [0.15, 0.2) is 0 Å². The molecule has 0 aromatic carbocycles. The van der Waals surface area contributed by atoms with Gasteiger partial charge in [-0.05, 0) is 19.9 Å². The molecule has 0 aliphatic heterocycles. The Morgan fingerprint density at radius 3 is 1.94 bits per heavy atom. The van der Waals surface area contributed by atoms with Crippen molar-refractivity contribution < 1.29 is 4.79 Å². The van der Waals surface area contributed by atoms with Crippen LogP contribution in [0, 0.1) is 0 Å². The van der Waals surface area contributed by atoms with Gasteiger partial charge in [0, 0.05) is 13.0 Å². The minimum atomic E-state index is 0.0317. The number of nitrogens with one attached hydrogen (secondary N) is 1. The number of thiol groups is 2. The van der Waals surface area contributed by atoms with Gasteiger partial charge >= 0.3 is 0 Å². The highest BCUT2D eigenvalue weighted by molar-refractivity contribution is 7.78. The van der Waals surface area contributed by atoms with Crippen molar-refractivity contribution in [2.75, 3.05) is 13.6 Å². The second-order valence-electron chi connectivity index (χ2n) is 4.49. The highest BCUT2D eigenvalue weighted by Crippen LogP contribution is 2.10. The van der Waals surface area contributed by atoms with Crippen LogP contribution in [0.4, 0.5) is 0 Å². The van der Waals surface area contributed by atoms with Gasteiger partial charge in [-0.3, -0.25) is 9.10 Å². The Balaban J connectivity index is 3.01. The number of nitrogens with zero attached hydrogens (tertiary/aromatic N) is 1. The van der Waals surface area contributed by atoms with Gasteiger partial charge in [-0.15, -0.1) is 0 Å². The van der Waals surface area contributed by atoms with Gasteiger partial charge in [-0.25, -0.2) is 0 Å². The van der Waals surface area contributed by atoms with Crippen LogP contribution in [-0.4, -0.2) is 23.8 Å². The minimum absolute atomic E-state index is 0.0317. The maximum absolute atomic E-state index is 10.9. The van der Waals surface area contributed by atoms with E-state index in [2.05, 4.69) is 30.4 Å². The van der Waals surface area contributed by atoms with E-state index in [4.69, 9.17) is 0 Å². The molecule has 0 heterocycles. The third-order valence-corrected chi connectivity index (χ3v) is 3.21. The first kappa shape index (κ1) is 17.1. The van der Waals surface area contributed by atoms with Gasteiger partial charge in [0.15, 0.2) is 0 Å². The van der Waals surface area contributed by atoms with E-state index >= 15 is 0 Å². The molecule has 0 radical (unpaired) electrons. The van der Waals surface area contributed by atoms with Crippen LogP contribution < -0.4 is 4.72 Å². The molecule has 0 bridgehead atoms. The lowest BCUT2D eigenvalue weighted by atomic mass is 10.1. The fourth-order valence-electron chi connectivity index (χ4n) is 1.74. The van der Waals surface area contributed by atoms with Crippen LogP contribution in [-0.2, 0) is 4.79 Å². The lowest BCUT2D eigenvalue weighted by Crippen LogP contribution is -2.11. The molecule has 0 saturated carbocycles. The van der Waals surface area contributed by atoms with Crippen LogP contribution in [0.25, 0.3) is 0 Å². The summed E-state index contributed by atoms with van der Waals surface area (Å²) in [7, 11) is 1.99. The van der Waals surface area contributed by atoms with Gasteiger partial charge in [0.2, 0.25) is 5.91 Å². The van der Waals surface area contributed by atoms with E-state index in [1.807, 2.05) is 11.4 Å². The number of carbonyl (C=O) groups is 1. The molecule has 0 aliphatic carbocycles. The Kier molecular flexibility index (Phi) is 12.7. The Hall–Kier alpha value is 0.130. The molecule has 1 amide bonds. The fourth-order valence-corrected chi connectivity index (χ4v) is 2.00. The lowest BCUT2D eigenvalue weighted by molar-refractivity contribution is -0.119. The molecule has 0 aromatic heterocycles. The highest BCUT2D eigenvalue weighted by Gasteiger charge is 1.98. The van der Waals surface area contributed by atoms with Crippen LogP contribution in [0.3, 0.4) is 0 Å². The van der Waals surface area contributed by atoms with Crippen LogP contribution in [0.1, 0.15) is 57.8 Å². The monoisotopic (exact) mass is 278 g/mol. The van der Waals surface area contributed by atoms with E-state index in [0.717, 1.165) is 19.4 Å². The lowest BCUT2D eigenvalue weighted by Gasteiger charge is -2.07. The fraction of sp³-hybridized carbons (Fsp3) is 0.917. The summed E-state index contributed by atoms with van der Waals surface area (Å²) in [6.45, 7) is 1.07. The predicted octanol–water partition coefficient (Wildman–Crippen LogP) is 3.23. The van der Waals surface area contributed by atoms with Crippen molar-refractivity contribution in [1.29, 1.82) is 0 Å². The summed E-state index contributed by atoms with van der Waals surface area (Å²) in [6, 6.07) is 0. The first-order valence-corrected chi connectivity index (χ1v) is 7.34. The van der Waals surface area contributed by atoms with Crippen molar-refractivity contribution >= 4 is 31.5 Å². The van der Waals surface area contributed by atoms with Crippen molar-refractivity contribution in [2.45, 2.75) is 57.8 Å². The summed E-state index contributed by atoms with van der Waals surface area (Å²) in [4.78, 5) is 10.9. The summed E-state index contributed by atoms with van der Waals surface area (Å²) in [6.07, 6.45) is 10.4. The molecule has 3 nitrogen and oxygen atoms in total. The first-order chi connectivity index (χ1) is 8.16. The average molecular weight is 278 g/mol. The second-order valence-corrected chi connectivity index (χ2v) is 5.40. The molecular weight excluding hydrogens is 252 g/mol. The van der Waals surface area contributed by atoms with Crippen molar-refractivity contribution in [1.82, 2.24) is 9.03 Å². The summed E-state index contributed by atoms with van der Waals surface area (Å²) in [5, 5.41) is 0. The van der Waals surface area contributed by atoms with E-state index in [0.29, 0.717) is 6.42 Å². The van der Waals surface area contributed by atoms with Crippen LogP contribution in [0.5, 0.6) is 0 Å². The molecule has 0 rings (SSSR count). The van der Waals surface area contributed by atoms with Crippen LogP contribution in [0.2, 0.25) is 0 Å². The molecule has 5 heteroatoms. The van der Waals surface area contributed by atoms with Crippen molar-refractivity contribution in [3.63, 3.8) is 0 Å². The molecule has 0 atom stereocenters. The van der Waals surface area contributed by atoms with Crippen LogP contribution >= 0.6 is 25.6 Å². The molecule has 102 valence electrons. The van der Waals surface area contributed by atoms with Gasteiger partial charge in [0.1, 0.15) is 0 Å². The summed E-state index contributed by atoms with van der Waals surface area (Å²) >= 11 is 7.91. The third kappa shape index (κ3) is 14.1. The Morgan fingerprint density at radius 2 is 1.47 bits per heavy atom. The maximum Gasteiger partial charge on any atom is 0.229 e. The van der Waals surface area contributed by atoms with Gasteiger partial charge in [0.05, 0.1) is 0 Å². The molecule has 17 heavy (non-hydrogen) atoms. The van der Waals surface area contributed by atoms with Crippen molar-refractivity contribution in [3.8, 4) is 0 Å². The van der Waals surface area contributed by atoms with Gasteiger partial charge in [-0.1, -0.05) is 64.2 Å². The number of amides is 1. The Labute approximate surface area is 117 Å². The zero-order valence-corrected chi connectivity index (χ0v) is 12.6. The standard InChI is InChI=1S/C12H26N2OS2/c1-14(17)11-9-7-5-3-2-4-6-8-10-12(15)13-16/h16-17H,2-11H2,1H3,(H,13,15).